The molecule has 3 atom stereocenters. The van der Waals surface area contributed by atoms with Gasteiger partial charge in [0.05, 0.1) is 12.0 Å². The van der Waals surface area contributed by atoms with Gasteiger partial charge in [0.2, 0.25) is 5.91 Å². The number of β-lactam (4-membered cyclic amide) rings is 1. The molecule has 1 amide bonds. The first-order valence-electron chi connectivity index (χ1n) is 7.14. The third-order valence-corrected chi connectivity index (χ3v) is 5.37. The van der Waals surface area contributed by atoms with Gasteiger partial charge in [-0.25, -0.2) is 4.79 Å². The van der Waals surface area contributed by atoms with Crippen molar-refractivity contribution in [2.45, 2.75) is 18.4 Å². The van der Waals surface area contributed by atoms with Crippen molar-refractivity contribution in [3.63, 3.8) is 0 Å². The van der Waals surface area contributed by atoms with Gasteiger partial charge in [-0.3, -0.25) is 14.7 Å². The summed E-state index contributed by atoms with van der Waals surface area (Å²) in [5.41, 5.74) is 1.51. The van der Waals surface area contributed by atoms with E-state index >= 15 is 0 Å². The average Bonchev–Trinajstić information content (AvgIpc) is 2.83. The summed E-state index contributed by atoms with van der Waals surface area (Å²) in [6, 6.07) is 7.33. The maximum atomic E-state index is 12.2. The molecule has 6 nitrogen and oxygen atoms in total. The number of carboxylic acid groups (broad SMARTS) is 1. The fourth-order valence-corrected chi connectivity index (χ4v) is 4.58. The van der Waals surface area contributed by atoms with Gasteiger partial charge in [-0.15, -0.1) is 0 Å². The fourth-order valence-electron chi connectivity index (χ4n) is 2.93. The summed E-state index contributed by atoms with van der Waals surface area (Å²) in [6.45, 7) is 1.55. The molecule has 0 aromatic heterocycles. The number of fused-ring (bicyclic) bond motifs is 1. The molecule has 1 aromatic carbocycles. The van der Waals surface area contributed by atoms with E-state index < -0.39 is 18.0 Å². The molecule has 0 bridgehead atoms. The quantitative estimate of drug-likeness (QED) is 0.642. The molecule has 0 unspecified atom stereocenters. The summed E-state index contributed by atoms with van der Waals surface area (Å²) in [6.07, 6.45) is 0.851. The number of hydrogen-bond acceptors (Lipinski definition) is 5. The Morgan fingerprint density at radius 1 is 1.43 bits per heavy atom. The highest BCUT2D eigenvalue weighted by atomic mass is 32.2. The molecule has 1 fully saturated rings. The molecule has 2 N–H and O–H groups in total. The molecule has 3 rings (SSSR count). The normalized spacial score (nSPS) is 24.8. The Balaban J connectivity index is 2.09. The van der Waals surface area contributed by atoms with Gasteiger partial charge in [0.1, 0.15) is 11.1 Å². The Labute approximate surface area is 137 Å². The standard InChI is InChI=1S/C16H16N2O4S/c1-8(19)11-14(20)18-12(16(21)22)13(23-15(11)18)10-6-4-3-5-9(10)7-17-2/h3-8,11,15,19H,1-2H3,(H,21,22)/t8-,11+,15-/m1/s1. The zero-order chi connectivity index (χ0) is 16.7. The number of aliphatic hydroxyl groups excluding tert-OH is 1. The lowest BCUT2D eigenvalue weighted by Crippen LogP contribution is -2.60. The predicted octanol–water partition coefficient (Wildman–Crippen LogP) is 1.40. The number of benzene rings is 1. The Morgan fingerprint density at radius 2 is 2.13 bits per heavy atom. The van der Waals surface area contributed by atoms with Crippen LogP contribution < -0.4 is 0 Å². The lowest BCUT2D eigenvalue weighted by molar-refractivity contribution is -0.156. The molecule has 2 heterocycles. The maximum absolute atomic E-state index is 12.2. The smallest absolute Gasteiger partial charge is 0.353 e. The third kappa shape index (κ3) is 2.36. The number of carboxylic acids is 1. The molecule has 0 spiro atoms. The van der Waals surface area contributed by atoms with Crippen LogP contribution in [0.5, 0.6) is 0 Å². The highest BCUT2D eigenvalue weighted by Gasteiger charge is 2.57. The van der Waals surface area contributed by atoms with Gasteiger partial charge >= 0.3 is 5.97 Å². The third-order valence-electron chi connectivity index (χ3n) is 3.97. The van der Waals surface area contributed by atoms with Gasteiger partial charge in [0.25, 0.3) is 0 Å². The molecular weight excluding hydrogens is 316 g/mol. The number of rotatable bonds is 4. The van der Waals surface area contributed by atoms with Crippen molar-refractivity contribution >= 4 is 34.8 Å². The van der Waals surface area contributed by atoms with Crippen LogP contribution >= 0.6 is 11.8 Å². The van der Waals surface area contributed by atoms with Crippen molar-refractivity contribution in [3.05, 3.63) is 41.1 Å². The van der Waals surface area contributed by atoms with E-state index in [2.05, 4.69) is 4.99 Å². The summed E-state index contributed by atoms with van der Waals surface area (Å²) in [5.74, 6) is -2.05. The van der Waals surface area contributed by atoms with E-state index in [1.54, 1.807) is 20.2 Å². The lowest BCUT2D eigenvalue weighted by atomic mass is 9.92. The number of carbonyl (C=O) groups excluding carboxylic acids is 1. The van der Waals surface area contributed by atoms with Gasteiger partial charge in [0.15, 0.2) is 0 Å². The first-order chi connectivity index (χ1) is 11.0. The van der Waals surface area contributed by atoms with Crippen molar-refractivity contribution in [1.82, 2.24) is 4.90 Å². The molecule has 2 aliphatic rings. The van der Waals surface area contributed by atoms with E-state index in [9.17, 15) is 19.8 Å². The van der Waals surface area contributed by atoms with Crippen molar-refractivity contribution in [2.24, 2.45) is 10.9 Å². The van der Waals surface area contributed by atoms with Gasteiger partial charge in [-0.2, -0.15) is 0 Å². The van der Waals surface area contributed by atoms with Crippen molar-refractivity contribution in [2.75, 3.05) is 7.05 Å². The summed E-state index contributed by atoms with van der Waals surface area (Å²) in [5, 5.41) is 19.0. The van der Waals surface area contributed by atoms with E-state index in [1.165, 1.54) is 16.7 Å². The van der Waals surface area contributed by atoms with Crippen LogP contribution in [0, 0.1) is 5.92 Å². The number of hydrogen-bond donors (Lipinski definition) is 2. The number of carbonyl (C=O) groups is 2. The zero-order valence-electron chi connectivity index (χ0n) is 12.6. The second kappa shape index (κ2) is 5.82. The molecule has 0 saturated carbocycles. The minimum absolute atomic E-state index is 0.0150. The molecule has 120 valence electrons. The summed E-state index contributed by atoms with van der Waals surface area (Å²) >= 11 is 1.31. The zero-order valence-corrected chi connectivity index (χ0v) is 13.4. The molecule has 2 aliphatic heterocycles. The largest absolute Gasteiger partial charge is 0.477 e. The van der Waals surface area contributed by atoms with E-state index in [4.69, 9.17) is 0 Å². The van der Waals surface area contributed by atoms with Crippen LogP contribution in [0.2, 0.25) is 0 Å². The highest BCUT2D eigenvalue weighted by Crippen LogP contribution is 2.54. The molecule has 7 heteroatoms. The Hall–Kier alpha value is -2.12. The van der Waals surface area contributed by atoms with Crippen molar-refractivity contribution in [1.29, 1.82) is 0 Å². The minimum Gasteiger partial charge on any atom is -0.477 e. The van der Waals surface area contributed by atoms with Crippen LogP contribution in [-0.2, 0) is 9.59 Å². The van der Waals surface area contributed by atoms with Crippen LogP contribution in [-0.4, -0.2) is 51.7 Å². The Kier molecular flexibility index (Phi) is 3.99. The van der Waals surface area contributed by atoms with E-state index in [0.717, 1.165) is 11.1 Å². The van der Waals surface area contributed by atoms with E-state index in [1.807, 2.05) is 24.3 Å². The molecule has 23 heavy (non-hydrogen) atoms. The van der Waals surface area contributed by atoms with Gasteiger partial charge < -0.3 is 10.2 Å². The number of amides is 1. The summed E-state index contributed by atoms with van der Waals surface area (Å²) < 4.78 is 0. The summed E-state index contributed by atoms with van der Waals surface area (Å²) in [7, 11) is 1.64. The first kappa shape index (κ1) is 15.8. The van der Waals surface area contributed by atoms with Gasteiger partial charge in [0, 0.05) is 23.7 Å². The van der Waals surface area contributed by atoms with Gasteiger partial charge in [-0.1, -0.05) is 36.0 Å². The van der Waals surface area contributed by atoms with Gasteiger partial charge in [-0.05, 0) is 12.5 Å². The van der Waals surface area contributed by atoms with E-state index in [-0.39, 0.29) is 17.0 Å². The minimum atomic E-state index is -1.14. The van der Waals surface area contributed by atoms with Crippen LogP contribution in [0.1, 0.15) is 18.1 Å². The molecule has 0 radical (unpaired) electrons. The van der Waals surface area contributed by atoms with Crippen LogP contribution in [0.3, 0.4) is 0 Å². The van der Waals surface area contributed by atoms with Crippen molar-refractivity contribution < 1.29 is 19.8 Å². The molecular formula is C16H16N2O4S. The van der Waals surface area contributed by atoms with Crippen molar-refractivity contribution in [3.8, 4) is 0 Å². The molecule has 1 aromatic rings. The SMILES string of the molecule is CN=Cc1ccccc1C1=C(C(=O)O)N2C(=O)[C@H]([C@@H](C)O)[C@H]2S1. The number of aliphatic hydroxyl groups is 1. The average molecular weight is 332 g/mol. The first-order valence-corrected chi connectivity index (χ1v) is 8.02. The molecule has 0 aliphatic carbocycles. The predicted molar refractivity (Wildman–Crippen MR) is 87.9 cm³/mol. The number of aliphatic carboxylic acids is 1. The number of nitrogens with zero attached hydrogens (tertiary/aromatic N) is 2. The van der Waals surface area contributed by atoms with E-state index in [0.29, 0.717) is 4.91 Å². The molecule has 1 saturated heterocycles. The summed E-state index contributed by atoms with van der Waals surface area (Å²) in [4.78, 5) is 29.7. The second-order valence-corrected chi connectivity index (χ2v) is 6.57. The number of aliphatic imine (C=N–C) groups is 1. The Morgan fingerprint density at radius 3 is 2.74 bits per heavy atom. The second-order valence-electron chi connectivity index (χ2n) is 5.44. The maximum Gasteiger partial charge on any atom is 0.353 e. The Bertz CT molecular complexity index is 741. The van der Waals surface area contributed by atoms with Crippen LogP contribution in [0.15, 0.2) is 35.0 Å². The topological polar surface area (TPSA) is 90.2 Å². The van der Waals surface area contributed by atoms with Crippen LogP contribution in [0.25, 0.3) is 4.91 Å². The lowest BCUT2D eigenvalue weighted by Gasteiger charge is -2.43. The monoisotopic (exact) mass is 332 g/mol. The highest BCUT2D eigenvalue weighted by molar-refractivity contribution is 8.09. The fraction of sp³-hybridized carbons (Fsp3) is 0.312. The number of thioether (sulfide) groups is 1. The van der Waals surface area contributed by atoms with Crippen LogP contribution in [0.4, 0.5) is 0 Å².